The first-order chi connectivity index (χ1) is 16.9. The molecule has 1 N–H and O–H groups in total. The molecule has 178 valence electrons. The third-order valence-corrected chi connectivity index (χ3v) is 7.00. The fourth-order valence-corrected chi connectivity index (χ4v) is 5.08. The predicted octanol–water partition coefficient (Wildman–Crippen LogP) is 5.75. The fraction of sp³-hybridized carbons (Fsp3) is 0.185. The van der Waals surface area contributed by atoms with Gasteiger partial charge in [-0.25, -0.2) is 9.97 Å². The molecular weight excluding hydrogens is 482 g/mol. The van der Waals surface area contributed by atoms with E-state index in [2.05, 4.69) is 34.6 Å². The van der Waals surface area contributed by atoms with Crippen molar-refractivity contribution in [2.24, 2.45) is 0 Å². The van der Waals surface area contributed by atoms with Gasteiger partial charge in [0.2, 0.25) is 5.95 Å². The molecule has 3 aromatic carbocycles. The Morgan fingerprint density at radius 2 is 1.71 bits per heavy atom. The molecule has 6 nitrogen and oxygen atoms in total. The normalized spacial score (nSPS) is 14.7. The summed E-state index contributed by atoms with van der Waals surface area (Å²) in [6, 6.07) is 24.0. The van der Waals surface area contributed by atoms with Gasteiger partial charge in [-0.2, -0.15) is 8.42 Å². The Hall–Kier alpha value is -3.26. The van der Waals surface area contributed by atoms with E-state index in [0.29, 0.717) is 12.4 Å². The number of nitrogens with zero attached hydrogens (tertiary/aromatic N) is 2. The third kappa shape index (κ3) is 5.37. The van der Waals surface area contributed by atoms with E-state index >= 15 is 0 Å². The van der Waals surface area contributed by atoms with Gasteiger partial charge in [0, 0.05) is 28.4 Å². The van der Waals surface area contributed by atoms with Crippen molar-refractivity contribution < 1.29 is 12.6 Å². The van der Waals surface area contributed by atoms with Crippen LogP contribution in [0.3, 0.4) is 0 Å². The molecule has 1 aliphatic carbocycles. The largest absolute Gasteiger partial charge is 0.324 e. The van der Waals surface area contributed by atoms with E-state index in [9.17, 15) is 8.42 Å². The van der Waals surface area contributed by atoms with Crippen LogP contribution in [0.25, 0.3) is 11.3 Å². The Morgan fingerprint density at radius 3 is 2.46 bits per heavy atom. The summed E-state index contributed by atoms with van der Waals surface area (Å²) in [5, 5.41) is 4.04. The first kappa shape index (κ1) is 23.5. The van der Waals surface area contributed by atoms with E-state index in [4.69, 9.17) is 20.8 Å². The molecule has 1 aromatic heterocycles. The van der Waals surface area contributed by atoms with Crippen LogP contribution in [0.1, 0.15) is 28.2 Å². The molecule has 0 bridgehead atoms. The van der Waals surface area contributed by atoms with Crippen molar-refractivity contribution in [3.63, 3.8) is 0 Å². The van der Waals surface area contributed by atoms with Crippen LogP contribution in [0.5, 0.6) is 0 Å². The minimum absolute atomic E-state index is 0.119. The number of halogens is 1. The minimum Gasteiger partial charge on any atom is -0.324 e. The van der Waals surface area contributed by atoms with Crippen LogP contribution in [-0.4, -0.2) is 31.2 Å². The highest BCUT2D eigenvalue weighted by atomic mass is 35.5. The van der Waals surface area contributed by atoms with E-state index in [-0.39, 0.29) is 12.5 Å². The summed E-state index contributed by atoms with van der Waals surface area (Å²) in [4.78, 5) is 9.43. The number of hydrogen-bond acceptors (Lipinski definition) is 6. The number of anilines is 2. The lowest BCUT2D eigenvalue weighted by atomic mass is 9.78. The third-order valence-electron chi connectivity index (χ3n) is 6.06. The zero-order valence-corrected chi connectivity index (χ0v) is 20.7. The molecule has 0 saturated heterocycles. The van der Waals surface area contributed by atoms with Crippen molar-refractivity contribution in [2.75, 3.05) is 18.2 Å². The van der Waals surface area contributed by atoms with Crippen molar-refractivity contribution in [3.8, 4) is 11.3 Å². The molecule has 0 spiro atoms. The summed E-state index contributed by atoms with van der Waals surface area (Å²) in [7, 11) is -3.43. The molecule has 35 heavy (non-hydrogen) atoms. The van der Waals surface area contributed by atoms with Crippen LogP contribution in [0, 0.1) is 0 Å². The molecule has 0 amide bonds. The Bertz CT molecular complexity index is 1470. The zero-order valence-electron chi connectivity index (χ0n) is 19.1. The predicted molar refractivity (Wildman–Crippen MR) is 139 cm³/mol. The van der Waals surface area contributed by atoms with Crippen LogP contribution < -0.4 is 5.32 Å². The number of nitrogens with one attached hydrogen (secondary N) is 1. The second-order valence-corrected chi connectivity index (χ2v) is 10.6. The molecule has 0 aliphatic heterocycles. The van der Waals surface area contributed by atoms with Crippen molar-refractivity contribution >= 4 is 33.4 Å². The van der Waals surface area contributed by atoms with Gasteiger partial charge in [-0.3, -0.25) is 4.18 Å². The lowest BCUT2D eigenvalue weighted by Gasteiger charge is -2.28. The van der Waals surface area contributed by atoms with Gasteiger partial charge in [0.1, 0.15) is 0 Å². The maximum Gasteiger partial charge on any atom is 0.264 e. The minimum atomic E-state index is -3.43. The second kappa shape index (κ2) is 9.77. The molecule has 0 unspecified atom stereocenters. The Morgan fingerprint density at radius 1 is 1.00 bits per heavy atom. The summed E-state index contributed by atoms with van der Waals surface area (Å²) in [6.07, 6.45) is 4.22. The maximum atomic E-state index is 11.1. The van der Waals surface area contributed by atoms with E-state index in [1.54, 1.807) is 0 Å². The highest BCUT2D eigenvalue weighted by Gasteiger charge is 2.28. The first-order valence-corrected chi connectivity index (χ1v) is 13.5. The van der Waals surface area contributed by atoms with Crippen molar-refractivity contribution in [3.05, 3.63) is 106 Å². The molecule has 1 heterocycles. The van der Waals surface area contributed by atoms with Crippen LogP contribution in [0.4, 0.5) is 11.6 Å². The topological polar surface area (TPSA) is 81.2 Å². The quantitative estimate of drug-likeness (QED) is 0.322. The standard InChI is InChI=1S/C27H24ClN3O3S/c1-35(32,33)34-15-14-18-10-12-20(13-11-18)30-27-29-17-19-16-24(22-7-4-5-9-25(22)28)21-6-2-3-8-23(21)26(19)31-27/h2-13,17,24H,14-16H2,1H3,(H,29,30,31)/t24-/m1/s1. The lowest BCUT2D eigenvalue weighted by Crippen LogP contribution is -2.15. The van der Waals surface area contributed by atoms with Gasteiger partial charge < -0.3 is 5.32 Å². The zero-order chi connectivity index (χ0) is 24.4. The van der Waals surface area contributed by atoms with Gasteiger partial charge in [-0.05, 0) is 53.3 Å². The van der Waals surface area contributed by atoms with Crippen LogP contribution in [0.2, 0.25) is 5.02 Å². The molecule has 0 radical (unpaired) electrons. The number of aromatic nitrogens is 2. The highest BCUT2D eigenvalue weighted by molar-refractivity contribution is 7.85. The lowest BCUT2D eigenvalue weighted by molar-refractivity contribution is 0.326. The number of hydrogen-bond donors (Lipinski definition) is 1. The van der Waals surface area contributed by atoms with Gasteiger partial charge in [-0.1, -0.05) is 66.2 Å². The molecular formula is C27H24ClN3O3S. The summed E-state index contributed by atoms with van der Waals surface area (Å²) >= 11 is 6.55. The monoisotopic (exact) mass is 505 g/mol. The van der Waals surface area contributed by atoms with E-state index < -0.39 is 10.1 Å². The van der Waals surface area contributed by atoms with Gasteiger partial charge >= 0.3 is 0 Å². The number of rotatable bonds is 7. The van der Waals surface area contributed by atoms with E-state index in [1.807, 2.05) is 54.7 Å². The fourth-order valence-electron chi connectivity index (χ4n) is 4.43. The summed E-state index contributed by atoms with van der Waals surface area (Å²) in [5.41, 5.74) is 7.23. The summed E-state index contributed by atoms with van der Waals surface area (Å²) in [5.74, 6) is 0.664. The number of benzene rings is 3. The van der Waals surface area contributed by atoms with Gasteiger partial charge in [0.25, 0.3) is 10.1 Å². The Kier molecular flexibility index (Phi) is 6.56. The average Bonchev–Trinajstić information content (AvgIpc) is 2.84. The molecule has 0 saturated carbocycles. The van der Waals surface area contributed by atoms with Crippen LogP contribution in [0.15, 0.2) is 79.0 Å². The average molecular weight is 506 g/mol. The molecule has 1 atom stereocenters. The van der Waals surface area contributed by atoms with Crippen molar-refractivity contribution in [1.29, 1.82) is 0 Å². The molecule has 5 rings (SSSR count). The van der Waals surface area contributed by atoms with Gasteiger partial charge in [0.05, 0.1) is 18.6 Å². The van der Waals surface area contributed by atoms with Crippen molar-refractivity contribution in [1.82, 2.24) is 9.97 Å². The van der Waals surface area contributed by atoms with E-state index in [1.165, 1.54) is 5.56 Å². The summed E-state index contributed by atoms with van der Waals surface area (Å²) < 4.78 is 27.0. The summed E-state index contributed by atoms with van der Waals surface area (Å²) in [6.45, 7) is 0.119. The SMILES string of the molecule is CS(=O)(=O)OCCc1ccc(Nc2ncc3c(n2)-c2ccccc2[C@H](c2ccccc2Cl)C3)cc1. The molecule has 8 heteroatoms. The van der Waals surface area contributed by atoms with Gasteiger partial charge in [0.15, 0.2) is 0 Å². The highest BCUT2D eigenvalue weighted by Crippen LogP contribution is 2.43. The smallest absolute Gasteiger partial charge is 0.264 e. The first-order valence-electron chi connectivity index (χ1n) is 11.3. The maximum absolute atomic E-state index is 11.1. The van der Waals surface area contributed by atoms with Gasteiger partial charge in [-0.15, -0.1) is 0 Å². The molecule has 0 fully saturated rings. The molecule has 4 aromatic rings. The van der Waals surface area contributed by atoms with Crippen molar-refractivity contribution in [2.45, 2.75) is 18.8 Å². The molecule has 1 aliphatic rings. The Balaban J connectivity index is 1.37. The van der Waals surface area contributed by atoms with E-state index in [0.717, 1.165) is 51.3 Å². The second-order valence-electron chi connectivity index (χ2n) is 8.53. The van der Waals surface area contributed by atoms with Crippen LogP contribution in [-0.2, 0) is 27.1 Å². The van der Waals surface area contributed by atoms with Crippen LogP contribution >= 0.6 is 11.6 Å². The number of fused-ring (bicyclic) bond motifs is 3. The Labute approximate surface area is 210 Å².